The molecule has 1 amide bonds. The fourth-order valence-corrected chi connectivity index (χ4v) is 3.27. The molecule has 144 valence electrons. The van der Waals surface area contributed by atoms with Gasteiger partial charge in [-0.2, -0.15) is 0 Å². The number of allylic oxidation sites excluding steroid dienone is 1. The van der Waals surface area contributed by atoms with Gasteiger partial charge in [0.2, 0.25) is 0 Å². The van der Waals surface area contributed by atoms with Gasteiger partial charge in [0.15, 0.2) is 0 Å². The van der Waals surface area contributed by atoms with Crippen molar-refractivity contribution in [3.05, 3.63) is 48.0 Å². The third-order valence-corrected chi connectivity index (χ3v) is 4.26. The zero-order valence-electron chi connectivity index (χ0n) is 16.8. The molecule has 0 radical (unpaired) electrons. The topological polar surface area (TPSA) is 55.8 Å². The Balaban J connectivity index is 2.77. The van der Waals surface area contributed by atoms with E-state index in [1.165, 1.54) is 6.08 Å². The second-order valence-corrected chi connectivity index (χ2v) is 6.82. The largest absolute Gasteiger partial charge is 0.496 e. The van der Waals surface area contributed by atoms with Gasteiger partial charge in [0, 0.05) is 23.5 Å². The molecule has 0 atom stereocenters. The lowest BCUT2D eigenvalue weighted by Crippen LogP contribution is -2.42. The van der Waals surface area contributed by atoms with Gasteiger partial charge < -0.3 is 14.4 Å². The minimum absolute atomic E-state index is 0.0125. The van der Waals surface area contributed by atoms with E-state index in [0.29, 0.717) is 16.7 Å². The van der Waals surface area contributed by atoms with E-state index in [1.54, 1.807) is 37.1 Å². The number of hydrogen-bond acceptors (Lipinski definition) is 4. The summed E-state index contributed by atoms with van der Waals surface area (Å²) in [5, 5.41) is 1.48. The van der Waals surface area contributed by atoms with Crippen LogP contribution in [0, 0.1) is 0 Å². The molecule has 0 saturated carbocycles. The van der Waals surface area contributed by atoms with Gasteiger partial charge in [0.05, 0.1) is 12.7 Å². The molecular formula is C22H27NO4. The van der Waals surface area contributed by atoms with E-state index < -0.39 is 5.97 Å². The van der Waals surface area contributed by atoms with Crippen molar-refractivity contribution in [2.75, 3.05) is 7.11 Å². The third-order valence-electron chi connectivity index (χ3n) is 4.26. The molecule has 0 saturated heterocycles. The van der Waals surface area contributed by atoms with E-state index in [2.05, 4.69) is 0 Å². The Kier molecular flexibility index (Phi) is 6.61. The van der Waals surface area contributed by atoms with Crippen LogP contribution in [0.5, 0.6) is 11.5 Å². The number of esters is 1. The summed E-state index contributed by atoms with van der Waals surface area (Å²) in [4.78, 5) is 27.4. The molecule has 0 aliphatic rings. The number of carbonyl (C=O) groups is 2. The minimum Gasteiger partial charge on any atom is -0.496 e. The first-order valence-corrected chi connectivity index (χ1v) is 9.08. The van der Waals surface area contributed by atoms with Gasteiger partial charge >= 0.3 is 5.97 Å². The first kappa shape index (κ1) is 20.5. The van der Waals surface area contributed by atoms with Crippen LogP contribution in [0.25, 0.3) is 10.8 Å². The van der Waals surface area contributed by atoms with Gasteiger partial charge in [-0.25, -0.2) is 4.79 Å². The summed E-state index contributed by atoms with van der Waals surface area (Å²) < 4.78 is 11.0. The highest BCUT2D eigenvalue weighted by Gasteiger charge is 2.28. The molecule has 0 aliphatic heterocycles. The Labute approximate surface area is 160 Å². The lowest BCUT2D eigenvalue weighted by Gasteiger charge is -2.31. The fourth-order valence-electron chi connectivity index (χ4n) is 3.27. The summed E-state index contributed by atoms with van der Waals surface area (Å²) >= 11 is 0. The van der Waals surface area contributed by atoms with Gasteiger partial charge in [-0.3, -0.25) is 4.79 Å². The predicted octanol–water partition coefficient (Wildman–Crippen LogP) is 4.59. The normalized spacial score (nSPS) is 11.4. The summed E-state index contributed by atoms with van der Waals surface area (Å²) in [5.41, 5.74) is 0.338. The second-order valence-electron chi connectivity index (χ2n) is 6.82. The van der Waals surface area contributed by atoms with E-state index in [0.717, 1.165) is 5.39 Å². The van der Waals surface area contributed by atoms with Gasteiger partial charge in [0.25, 0.3) is 5.91 Å². The van der Waals surface area contributed by atoms with E-state index in [9.17, 15) is 9.59 Å². The van der Waals surface area contributed by atoms with Crippen LogP contribution in [0.1, 0.15) is 45.0 Å². The highest BCUT2D eigenvalue weighted by atomic mass is 16.5. The monoisotopic (exact) mass is 369 g/mol. The molecule has 0 N–H and O–H groups in total. The van der Waals surface area contributed by atoms with E-state index in [4.69, 9.17) is 9.47 Å². The molecular weight excluding hydrogens is 342 g/mol. The summed E-state index contributed by atoms with van der Waals surface area (Å²) in [6, 6.07) is 9.02. The molecule has 0 unspecified atom stereocenters. The Hall–Kier alpha value is -2.82. The molecule has 2 rings (SSSR count). The summed E-state index contributed by atoms with van der Waals surface area (Å²) in [6.45, 7) is 9.59. The highest BCUT2D eigenvalue weighted by molar-refractivity contribution is 6.12. The summed E-state index contributed by atoms with van der Waals surface area (Å²) in [6.07, 6.45) is 2.92. The minimum atomic E-state index is -0.526. The van der Waals surface area contributed by atoms with Gasteiger partial charge in [-0.15, -0.1) is 0 Å². The van der Waals surface area contributed by atoms with Crippen molar-refractivity contribution < 1.29 is 19.1 Å². The summed E-state index contributed by atoms with van der Waals surface area (Å²) in [5.74, 6) is 0.0680. The number of benzene rings is 2. The molecule has 5 heteroatoms. The van der Waals surface area contributed by atoms with Gasteiger partial charge in [-0.05, 0) is 52.1 Å². The SMILES string of the molecule is C/C=C/C(=O)Oc1ccc2cccc(OC)c2c1C(=O)N(C(C)C)C(C)C. The number of ether oxygens (including phenoxy) is 2. The Morgan fingerprint density at radius 3 is 2.22 bits per heavy atom. The zero-order chi connectivity index (χ0) is 20.1. The van der Waals surface area contributed by atoms with E-state index >= 15 is 0 Å². The van der Waals surface area contributed by atoms with Crippen molar-refractivity contribution >= 4 is 22.6 Å². The molecule has 0 fully saturated rings. The lowest BCUT2D eigenvalue weighted by atomic mass is 10.00. The third kappa shape index (κ3) is 4.30. The zero-order valence-corrected chi connectivity index (χ0v) is 16.8. The number of carbonyl (C=O) groups excluding carboxylic acids is 2. The van der Waals surface area contributed by atoms with Gasteiger partial charge in [-0.1, -0.05) is 24.3 Å². The maximum atomic E-state index is 13.5. The van der Waals surface area contributed by atoms with Crippen molar-refractivity contribution in [1.82, 2.24) is 4.90 Å². The molecule has 5 nitrogen and oxygen atoms in total. The maximum Gasteiger partial charge on any atom is 0.335 e. The van der Waals surface area contributed by atoms with Crippen molar-refractivity contribution in [3.63, 3.8) is 0 Å². The van der Waals surface area contributed by atoms with Crippen LogP contribution in [0.2, 0.25) is 0 Å². The Morgan fingerprint density at radius 2 is 1.67 bits per heavy atom. The molecule has 0 spiro atoms. The van der Waals surface area contributed by atoms with Crippen molar-refractivity contribution in [2.45, 2.75) is 46.7 Å². The average Bonchev–Trinajstić information content (AvgIpc) is 2.60. The van der Waals surface area contributed by atoms with Gasteiger partial charge in [0.1, 0.15) is 11.5 Å². The smallest absolute Gasteiger partial charge is 0.335 e. The molecule has 0 aliphatic carbocycles. The van der Waals surface area contributed by atoms with Crippen LogP contribution in [-0.4, -0.2) is 36.0 Å². The highest BCUT2D eigenvalue weighted by Crippen LogP contribution is 2.36. The first-order valence-electron chi connectivity index (χ1n) is 9.08. The maximum absolute atomic E-state index is 13.5. The lowest BCUT2D eigenvalue weighted by molar-refractivity contribution is -0.129. The standard InChI is InChI=1S/C22H27NO4/c1-7-9-19(24)27-18-13-12-16-10-8-11-17(26-6)20(16)21(18)22(25)23(14(2)3)15(4)5/h7-15H,1-6H3/b9-7+. The van der Waals surface area contributed by atoms with Crippen LogP contribution in [0.4, 0.5) is 0 Å². The predicted molar refractivity (Wildman–Crippen MR) is 107 cm³/mol. The number of methoxy groups -OCH3 is 1. The first-order chi connectivity index (χ1) is 12.8. The van der Waals surface area contributed by atoms with Crippen LogP contribution >= 0.6 is 0 Å². The van der Waals surface area contributed by atoms with Crippen molar-refractivity contribution in [3.8, 4) is 11.5 Å². The molecule has 27 heavy (non-hydrogen) atoms. The Bertz CT molecular complexity index is 860. The number of fused-ring (bicyclic) bond motifs is 1. The number of rotatable bonds is 6. The van der Waals surface area contributed by atoms with E-state index in [1.807, 2.05) is 45.9 Å². The van der Waals surface area contributed by atoms with Crippen LogP contribution in [0.15, 0.2) is 42.5 Å². The molecule has 0 bridgehead atoms. The second kappa shape index (κ2) is 8.71. The van der Waals surface area contributed by atoms with Crippen LogP contribution in [-0.2, 0) is 4.79 Å². The molecule has 2 aromatic carbocycles. The number of amides is 1. The van der Waals surface area contributed by atoms with E-state index in [-0.39, 0.29) is 23.7 Å². The summed E-state index contributed by atoms with van der Waals surface area (Å²) in [7, 11) is 1.56. The number of nitrogens with zero attached hydrogens (tertiary/aromatic N) is 1. The van der Waals surface area contributed by atoms with Crippen molar-refractivity contribution in [2.24, 2.45) is 0 Å². The van der Waals surface area contributed by atoms with Crippen molar-refractivity contribution in [1.29, 1.82) is 0 Å². The fraction of sp³-hybridized carbons (Fsp3) is 0.364. The van der Waals surface area contributed by atoms with Crippen LogP contribution in [0.3, 0.4) is 0 Å². The average molecular weight is 369 g/mol. The quantitative estimate of drug-likeness (QED) is 0.425. The number of hydrogen-bond donors (Lipinski definition) is 0. The Morgan fingerprint density at radius 1 is 1.00 bits per heavy atom. The molecule has 0 aromatic heterocycles. The molecule has 0 heterocycles. The van der Waals surface area contributed by atoms with Crippen LogP contribution < -0.4 is 9.47 Å². The molecule has 2 aromatic rings.